The standard InChI is InChI=1S/C13H23N5/c1-18-7-2-4-11(10-18)12-8-16-13(17-9-12)15-6-3-5-14/h8-9,11H,2-7,10,14H2,1H3,(H,15,16,17). The highest BCUT2D eigenvalue weighted by Gasteiger charge is 2.19. The van der Waals surface area contributed by atoms with E-state index in [-0.39, 0.29) is 0 Å². The average molecular weight is 249 g/mol. The van der Waals surface area contributed by atoms with Crippen LogP contribution >= 0.6 is 0 Å². The van der Waals surface area contributed by atoms with E-state index in [4.69, 9.17) is 5.73 Å². The number of nitrogens with two attached hydrogens (primary N) is 1. The molecule has 100 valence electrons. The molecule has 1 saturated heterocycles. The van der Waals surface area contributed by atoms with Crippen LogP contribution in [0.15, 0.2) is 12.4 Å². The van der Waals surface area contributed by atoms with E-state index in [1.165, 1.54) is 24.9 Å². The lowest BCUT2D eigenvalue weighted by Crippen LogP contribution is -2.30. The van der Waals surface area contributed by atoms with Gasteiger partial charge in [-0.15, -0.1) is 0 Å². The fourth-order valence-electron chi connectivity index (χ4n) is 2.38. The highest BCUT2D eigenvalue weighted by Crippen LogP contribution is 2.25. The molecule has 1 aromatic heterocycles. The fraction of sp³-hybridized carbons (Fsp3) is 0.692. The minimum absolute atomic E-state index is 0.585. The molecule has 1 aliphatic rings. The Kier molecular flexibility index (Phi) is 4.90. The van der Waals surface area contributed by atoms with Crippen molar-refractivity contribution in [2.24, 2.45) is 5.73 Å². The third kappa shape index (κ3) is 3.65. The van der Waals surface area contributed by atoms with E-state index >= 15 is 0 Å². The van der Waals surface area contributed by atoms with E-state index in [0.717, 1.165) is 19.5 Å². The first kappa shape index (κ1) is 13.2. The number of hydrogen-bond donors (Lipinski definition) is 2. The van der Waals surface area contributed by atoms with E-state index in [1.807, 2.05) is 12.4 Å². The largest absolute Gasteiger partial charge is 0.354 e. The van der Waals surface area contributed by atoms with E-state index in [2.05, 4.69) is 27.2 Å². The Balaban J connectivity index is 1.90. The van der Waals surface area contributed by atoms with Crippen molar-refractivity contribution in [2.45, 2.75) is 25.2 Å². The number of anilines is 1. The van der Waals surface area contributed by atoms with Gasteiger partial charge in [0.2, 0.25) is 5.95 Å². The fourth-order valence-corrected chi connectivity index (χ4v) is 2.38. The first-order valence-corrected chi connectivity index (χ1v) is 6.74. The van der Waals surface area contributed by atoms with Gasteiger partial charge in [-0.05, 0) is 50.9 Å². The molecule has 0 spiro atoms. The Hall–Kier alpha value is -1.20. The van der Waals surface area contributed by atoms with Gasteiger partial charge in [0.25, 0.3) is 0 Å². The zero-order valence-electron chi connectivity index (χ0n) is 11.1. The summed E-state index contributed by atoms with van der Waals surface area (Å²) in [6, 6.07) is 0. The van der Waals surface area contributed by atoms with Crippen LogP contribution in [-0.4, -0.2) is 48.1 Å². The Morgan fingerprint density at radius 1 is 1.44 bits per heavy atom. The topological polar surface area (TPSA) is 67.1 Å². The van der Waals surface area contributed by atoms with Gasteiger partial charge in [-0.2, -0.15) is 0 Å². The predicted octanol–water partition coefficient (Wildman–Crippen LogP) is 1.05. The summed E-state index contributed by atoms with van der Waals surface area (Å²) in [6.45, 7) is 3.85. The molecule has 1 fully saturated rings. The summed E-state index contributed by atoms with van der Waals surface area (Å²) in [4.78, 5) is 11.1. The van der Waals surface area contributed by atoms with Crippen LogP contribution in [0.25, 0.3) is 0 Å². The van der Waals surface area contributed by atoms with Gasteiger partial charge < -0.3 is 16.0 Å². The molecule has 5 nitrogen and oxygen atoms in total. The first-order valence-electron chi connectivity index (χ1n) is 6.74. The summed E-state index contributed by atoms with van der Waals surface area (Å²) in [7, 11) is 2.18. The van der Waals surface area contributed by atoms with E-state index in [0.29, 0.717) is 18.4 Å². The van der Waals surface area contributed by atoms with Crippen LogP contribution in [0.4, 0.5) is 5.95 Å². The van der Waals surface area contributed by atoms with E-state index in [1.54, 1.807) is 0 Å². The van der Waals surface area contributed by atoms with Crippen molar-refractivity contribution in [2.75, 3.05) is 38.5 Å². The quantitative estimate of drug-likeness (QED) is 0.763. The average Bonchev–Trinajstić information content (AvgIpc) is 2.40. The molecule has 1 atom stereocenters. The van der Waals surface area contributed by atoms with Gasteiger partial charge in [0.1, 0.15) is 0 Å². The number of rotatable bonds is 5. The molecular weight excluding hydrogens is 226 g/mol. The highest BCUT2D eigenvalue weighted by atomic mass is 15.1. The molecule has 0 amide bonds. The molecule has 2 rings (SSSR count). The van der Waals surface area contributed by atoms with Gasteiger partial charge in [0, 0.05) is 25.5 Å². The van der Waals surface area contributed by atoms with E-state index < -0.39 is 0 Å². The molecule has 3 N–H and O–H groups in total. The first-order chi connectivity index (χ1) is 8.79. The van der Waals surface area contributed by atoms with Crippen molar-refractivity contribution < 1.29 is 0 Å². The van der Waals surface area contributed by atoms with Crippen LogP contribution in [0.2, 0.25) is 0 Å². The second-order valence-corrected chi connectivity index (χ2v) is 5.01. The summed E-state index contributed by atoms with van der Waals surface area (Å²) in [5.41, 5.74) is 6.70. The van der Waals surface area contributed by atoms with Gasteiger partial charge in [0.05, 0.1) is 0 Å². The summed E-state index contributed by atoms with van der Waals surface area (Å²) >= 11 is 0. The third-order valence-electron chi connectivity index (χ3n) is 3.43. The predicted molar refractivity (Wildman–Crippen MR) is 73.7 cm³/mol. The van der Waals surface area contributed by atoms with Crippen molar-refractivity contribution >= 4 is 5.95 Å². The SMILES string of the molecule is CN1CCCC(c2cnc(NCCCN)nc2)C1. The minimum Gasteiger partial charge on any atom is -0.354 e. The number of aromatic nitrogens is 2. The number of piperidine rings is 1. The van der Waals surface area contributed by atoms with Crippen molar-refractivity contribution in [3.05, 3.63) is 18.0 Å². The number of nitrogens with one attached hydrogen (secondary N) is 1. The molecule has 2 heterocycles. The van der Waals surface area contributed by atoms with E-state index in [9.17, 15) is 0 Å². The van der Waals surface area contributed by atoms with Crippen molar-refractivity contribution in [3.8, 4) is 0 Å². The Morgan fingerprint density at radius 2 is 2.22 bits per heavy atom. The maximum Gasteiger partial charge on any atom is 0.222 e. The van der Waals surface area contributed by atoms with Crippen LogP contribution in [0, 0.1) is 0 Å². The van der Waals surface area contributed by atoms with Crippen LogP contribution in [0.3, 0.4) is 0 Å². The van der Waals surface area contributed by atoms with Gasteiger partial charge in [-0.1, -0.05) is 0 Å². The summed E-state index contributed by atoms with van der Waals surface area (Å²) in [6.07, 6.45) is 7.37. The molecule has 1 unspecified atom stereocenters. The Bertz CT molecular complexity index is 351. The summed E-state index contributed by atoms with van der Waals surface area (Å²) in [5, 5.41) is 3.17. The number of hydrogen-bond acceptors (Lipinski definition) is 5. The van der Waals surface area contributed by atoms with Gasteiger partial charge in [-0.25, -0.2) is 9.97 Å². The molecule has 0 bridgehead atoms. The Morgan fingerprint density at radius 3 is 2.89 bits per heavy atom. The van der Waals surface area contributed by atoms with Gasteiger partial charge in [0.15, 0.2) is 0 Å². The van der Waals surface area contributed by atoms with Crippen molar-refractivity contribution in [3.63, 3.8) is 0 Å². The van der Waals surface area contributed by atoms with Gasteiger partial charge >= 0.3 is 0 Å². The molecule has 18 heavy (non-hydrogen) atoms. The van der Waals surface area contributed by atoms with Crippen molar-refractivity contribution in [1.82, 2.24) is 14.9 Å². The molecule has 0 aromatic carbocycles. The molecule has 0 aliphatic carbocycles. The smallest absolute Gasteiger partial charge is 0.222 e. The second kappa shape index (κ2) is 6.66. The normalized spacial score (nSPS) is 20.9. The molecule has 0 saturated carbocycles. The zero-order valence-corrected chi connectivity index (χ0v) is 11.1. The molecule has 1 aromatic rings. The number of nitrogens with zero attached hydrogens (tertiary/aromatic N) is 3. The lowest BCUT2D eigenvalue weighted by atomic mass is 9.93. The van der Waals surface area contributed by atoms with Crippen LogP contribution in [0.5, 0.6) is 0 Å². The zero-order chi connectivity index (χ0) is 12.8. The van der Waals surface area contributed by atoms with Crippen LogP contribution in [0.1, 0.15) is 30.7 Å². The van der Waals surface area contributed by atoms with Crippen molar-refractivity contribution in [1.29, 1.82) is 0 Å². The lowest BCUT2D eigenvalue weighted by Gasteiger charge is -2.29. The Labute approximate surface area is 109 Å². The maximum atomic E-state index is 5.44. The van der Waals surface area contributed by atoms with Crippen LogP contribution < -0.4 is 11.1 Å². The molecule has 1 aliphatic heterocycles. The number of likely N-dealkylation sites (N-methyl/N-ethyl adjacent to an activating group) is 1. The third-order valence-corrected chi connectivity index (χ3v) is 3.43. The second-order valence-electron chi connectivity index (χ2n) is 5.01. The molecular formula is C13H23N5. The maximum absolute atomic E-state index is 5.44. The lowest BCUT2D eigenvalue weighted by molar-refractivity contribution is 0.250. The molecule has 5 heteroatoms. The number of likely N-dealkylation sites (tertiary alicyclic amines) is 1. The van der Waals surface area contributed by atoms with Gasteiger partial charge in [-0.3, -0.25) is 0 Å². The van der Waals surface area contributed by atoms with Crippen LogP contribution in [-0.2, 0) is 0 Å². The molecule has 0 radical (unpaired) electrons. The highest BCUT2D eigenvalue weighted by molar-refractivity contribution is 5.26. The summed E-state index contributed by atoms with van der Waals surface area (Å²) in [5.74, 6) is 1.29. The minimum atomic E-state index is 0.585. The monoisotopic (exact) mass is 249 g/mol. The summed E-state index contributed by atoms with van der Waals surface area (Å²) < 4.78 is 0.